The van der Waals surface area contributed by atoms with Gasteiger partial charge in [0.25, 0.3) is 5.91 Å². The van der Waals surface area contributed by atoms with Crippen molar-refractivity contribution in [2.45, 2.75) is 20.0 Å². The van der Waals surface area contributed by atoms with Gasteiger partial charge in [0.15, 0.2) is 0 Å². The van der Waals surface area contributed by atoms with E-state index in [0.29, 0.717) is 34.5 Å². The molecule has 29 heavy (non-hydrogen) atoms. The molecule has 1 aromatic heterocycles. The van der Waals surface area contributed by atoms with Crippen molar-refractivity contribution in [2.75, 3.05) is 13.2 Å². The zero-order valence-corrected chi connectivity index (χ0v) is 16.8. The summed E-state index contributed by atoms with van der Waals surface area (Å²) in [4.78, 5) is 17.6. The van der Waals surface area contributed by atoms with E-state index in [1.807, 2.05) is 25.1 Å². The molecule has 1 amide bonds. The average Bonchev–Trinajstić information content (AvgIpc) is 3.12. The van der Waals surface area contributed by atoms with E-state index in [4.69, 9.17) is 9.47 Å². The van der Waals surface area contributed by atoms with Crippen LogP contribution in [-0.2, 0) is 13.0 Å². The summed E-state index contributed by atoms with van der Waals surface area (Å²) in [6.45, 7) is 3.19. The van der Waals surface area contributed by atoms with E-state index < -0.39 is 0 Å². The molecule has 0 unspecified atom stereocenters. The fourth-order valence-electron chi connectivity index (χ4n) is 3.24. The number of para-hydroxylation sites is 1. The number of hydrogen-bond donors (Lipinski definition) is 1. The number of rotatable bonds is 6. The van der Waals surface area contributed by atoms with Gasteiger partial charge < -0.3 is 14.8 Å². The highest BCUT2D eigenvalue weighted by atomic mass is 32.1. The summed E-state index contributed by atoms with van der Waals surface area (Å²) in [7, 11) is 0. The SMILES string of the molecule is Cc1nc(COc2ccc(F)cc2)sc1C(=O)NC[C@H]1COc2ccccc2C1. The van der Waals surface area contributed by atoms with Gasteiger partial charge in [-0.05, 0) is 49.2 Å². The monoisotopic (exact) mass is 412 g/mol. The largest absolute Gasteiger partial charge is 0.493 e. The molecule has 2 aromatic carbocycles. The third kappa shape index (κ3) is 4.74. The van der Waals surface area contributed by atoms with E-state index in [2.05, 4.69) is 16.4 Å². The number of aryl methyl sites for hydroxylation is 1. The molecule has 150 valence electrons. The summed E-state index contributed by atoms with van der Waals surface area (Å²) < 4.78 is 24.4. The molecular formula is C22H21FN2O3S. The third-order valence-electron chi connectivity index (χ3n) is 4.73. The number of benzene rings is 2. The van der Waals surface area contributed by atoms with Crippen molar-refractivity contribution in [1.82, 2.24) is 10.3 Å². The van der Waals surface area contributed by atoms with Crippen LogP contribution in [0.2, 0.25) is 0 Å². The first-order valence-corrected chi connectivity index (χ1v) is 10.2. The van der Waals surface area contributed by atoms with Crippen LogP contribution >= 0.6 is 11.3 Å². The quantitative estimate of drug-likeness (QED) is 0.661. The lowest BCUT2D eigenvalue weighted by Crippen LogP contribution is -2.34. The summed E-state index contributed by atoms with van der Waals surface area (Å²) >= 11 is 1.31. The number of fused-ring (bicyclic) bond motifs is 1. The van der Waals surface area contributed by atoms with Crippen molar-refractivity contribution >= 4 is 17.2 Å². The van der Waals surface area contributed by atoms with Crippen LogP contribution in [0.4, 0.5) is 4.39 Å². The zero-order valence-electron chi connectivity index (χ0n) is 16.0. The highest BCUT2D eigenvalue weighted by Crippen LogP contribution is 2.26. The molecule has 2 heterocycles. The van der Waals surface area contributed by atoms with Crippen LogP contribution in [0.1, 0.15) is 25.9 Å². The van der Waals surface area contributed by atoms with Gasteiger partial charge in [-0.15, -0.1) is 11.3 Å². The normalized spacial score (nSPS) is 15.3. The summed E-state index contributed by atoms with van der Waals surface area (Å²) in [5, 5.41) is 3.70. The smallest absolute Gasteiger partial charge is 0.263 e. The highest BCUT2D eigenvalue weighted by molar-refractivity contribution is 7.13. The van der Waals surface area contributed by atoms with E-state index in [0.717, 1.165) is 12.2 Å². The Morgan fingerprint density at radius 3 is 2.90 bits per heavy atom. The highest BCUT2D eigenvalue weighted by Gasteiger charge is 2.21. The summed E-state index contributed by atoms with van der Waals surface area (Å²) in [6, 6.07) is 13.8. The van der Waals surface area contributed by atoms with Crippen molar-refractivity contribution in [3.05, 3.63) is 75.5 Å². The number of carbonyl (C=O) groups is 1. The maximum Gasteiger partial charge on any atom is 0.263 e. The van der Waals surface area contributed by atoms with Gasteiger partial charge >= 0.3 is 0 Å². The number of amides is 1. The van der Waals surface area contributed by atoms with Crippen LogP contribution in [-0.4, -0.2) is 24.0 Å². The molecule has 7 heteroatoms. The van der Waals surface area contributed by atoms with E-state index >= 15 is 0 Å². The average molecular weight is 412 g/mol. The first kappa shape index (κ1) is 19.4. The van der Waals surface area contributed by atoms with Crippen LogP contribution in [0, 0.1) is 18.7 Å². The molecule has 0 spiro atoms. The number of nitrogens with one attached hydrogen (secondary N) is 1. The lowest BCUT2D eigenvalue weighted by atomic mass is 9.97. The second-order valence-corrected chi connectivity index (χ2v) is 8.05. The molecular weight excluding hydrogens is 391 g/mol. The van der Waals surface area contributed by atoms with Crippen LogP contribution in [0.3, 0.4) is 0 Å². The molecule has 0 aliphatic carbocycles. The van der Waals surface area contributed by atoms with Crippen molar-refractivity contribution in [1.29, 1.82) is 0 Å². The minimum absolute atomic E-state index is 0.133. The number of nitrogens with zero attached hydrogens (tertiary/aromatic N) is 1. The van der Waals surface area contributed by atoms with E-state index in [1.54, 1.807) is 12.1 Å². The maximum absolute atomic E-state index is 13.0. The van der Waals surface area contributed by atoms with Crippen molar-refractivity contribution < 1.29 is 18.7 Å². The van der Waals surface area contributed by atoms with Gasteiger partial charge in [0.05, 0.1) is 12.3 Å². The lowest BCUT2D eigenvalue weighted by Gasteiger charge is -2.25. The fraction of sp³-hybridized carbons (Fsp3) is 0.273. The number of hydrogen-bond acceptors (Lipinski definition) is 5. The lowest BCUT2D eigenvalue weighted by molar-refractivity contribution is 0.0942. The minimum atomic E-state index is -0.312. The van der Waals surface area contributed by atoms with Crippen molar-refractivity contribution in [3.63, 3.8) is 0 Å². The molecule has 1 atom stereocenters. The fourth-order valence-corrected chi connectivity index (χ4v) is 4.13. The molecule has 1 aliphatic rings. The molecule has 0 saturated carbocycles. The molecule has 1 N–H and O–H groups in total. The summed E-state index contributed by atoms with van der Waals surface area (Å²) in [5.74, 6) is 1.28. The third-order valence-corrected chi connectivity index (χ3v) is 5.86. The van der Waals surface area contributed by atoms with Gasteiger partial charge in [-0.3, -0.25) is 4.79 Å². The topological polar surface area (TPSA) is 60.5 Å². The van der Waals surface area contributed by atoms with Gasteiger partial charge in [-0.1, -0.05) is 18.2 Å². The predicted molar refractivity (Wildman–Crippen MR) is 109 cm³/mol. The molecule has 4 rings (SSSR count). The number of halogens is 1. The Hall–Kier alpha value is -2.93. The Labute approximate surface area is 172 Å². The zero-order chi connectivity index (χ0) is 20.2. The number of carbonyl (C=O) groups excluding carboxylic acids is 1. The van der Waals surface area contributed by atoms with Gasteiger partial charge in [0, 0.05) is 12.5 Å². The number of aromatic nitrogens is 1. The Morgan fingerprint density at radius 2 is 2.07 bits per heavy atom. The Morgan fingerprint density at radius 1 is 1.28 bits per heavy atom. The Bertz CT molecular complexity index is 1000. The second kappa shape index (κ2) is 8.61. The van der Waals surface area contributed by atoms with E-state index in [9.17, 15) is 9.18 Å². The first-order chi connectivity index (χ1) is 14.1. The van der Waals surface area contributed by atoms with Gasteiger partial charge in [-0.2, -0.15) is 0 Å². The Kier molecular flexibility index (Phi) is 5.76. The molecule has 5 nitrogen and oxygen atoms in total. The van der Waals surface area contributed by atoms with Gasteiger partial charge in [0.2, 0.25) is 0 Å². The molecule has 0 saturated heterocycles. The summed E-state index contributed by atoms with van der Waals surface area (Å²) in [5.41, 5.74) is 1.85. The predicted octanol–water partition coefficient (Wildman–Crippen LogP) is 4.15. The van der Waals surface area contributed by atoms with Crippen LogP contribution in [0.5, 0.6) is 11.5 Å². The summed E-state index contributed by atoms with van der Waals surface area (Å²) in [6.07, 6.45) is 0.884. The molecule has 0 bridgehead atoms. The van der Waals surface area contributed by atoms with Crippen molar-refractivity contribution in [2.24, 2.45) is 5.92 Å². The van der Waals surface area contributed by atoms with E-state index in [1.165, 1.54) is 29.0 Å². The standard InChI is InChI=1S/C22H21FN2O3S/c1-14-21(29-20(25-14)13-27-18-8-6-17(23)7-9-18)22(26)24-11-15-10-16-4-2-3-5-19(16)28-12-15/h2-9,15H,10-13H2,1H3,(H,24,26)/t15-/m0/s1. The molecule has 1 aliphatic heterocycles. The number of thiazole rings is 1. The van der Waals surface area contributed by atoms with Crippen LogP contribution < -0.4 is 14.8 Å². The molecule has 0 fully saturated rings. The number of ether oxygens (including phenoxy) is 2. The van der Waals surface area contributed by atoms with Gasteiger partial charge in [-0.25, -0.2) is 9.37 Å². The van der Waals surface area contributed by atoms with E-state index in [-0.39, 0.29) is 24.2 Å². The Balaban J connectivity index is 1.31. The van der Waals surface area contributed by atoms with Crippen molar-refractivity contribution in [3.8, 4) is 11.5 Å². The first-order valence-electron chi connectivity index (χ1n) is 9.42. The van der Waals surface area contributed by atoms with Crippen LogP contribution in [0.15, 0.2) is 48.5 Å². The van der Waals surface area contributed by atoms with Gasteiger partial charge in [0.1, 0.15) is 33.8 Å². The second-order valence-electron chi connectivity index (χ2n) is 6.96. The minimum Gasteiger partial charge on any atom is -0.493 e. The maximum atomic E-state index is 13.0. The molecule has 3 aromatic rings. The molecule has 0 radical (unpaired) electrons. The van der Waals surface area contributed by atoms with Crippen LogP contribution in [0.25, 0.3) is 0 Å².